The van der Waals surface area contributed by atoms with Crippen molar-refractivity contribution in [1.29, 1.82) is 5.26 Å². The van der Waals surface area contributed by atoms with Crippen LogP contribution in [-0.2, 0) is 11.2 Å². The number of nitrogens with zero attached hydrogens (tertiary/aromatic N) is 1. The molecule has 0 bridgehead atoms. The molecule has 0 radical (unpaired) electrons. The normalized spacial score (nSPS) is 11.3. The minimum Gasteiger partial charge on any atom is -0.493 e. The number of carbonyl (C=O) groups is 1. The lowest BCUT2D eigenvalue weighted by atomic mass is 10.1. The maximum absolute atomic E-state index is 11.6. The van der Waals surface area contributed by atoms with Gasteiger partial charge in [-0.3, -0.25) is 4.79 Å². The third-order valence-electron chi connectivity index (χ3n) is 2.74. The van der Waals surface area contributed by atoms with E-state index in [0.29, 0.717) is 30.9 Å². The van der Waals surface area contributed by atoms with Gasteiger partial charge in [-0.25, -0.2) is 0 Å². The van der Waals surface area contributed by atoms with Crippen LogP contribution < -0.4 is 14.8 Å². The lowest BCUT2D eigenvalue weighted by Crippen LogP contribution is -2.31. The number of aryl methyl sites for hydroxylation is 1. The summed E-state index contributed by atoms with van der Waals surface area (Å²) >= 11 is 0. The van der Waals surface area contributed by atoms with Crippen LogP contribution in [0.4, 0.5) is 0 Å². The Bertz CT molecular complexity index is 494. The monoisotopic (exact) mass is 276 g/mol. The van der Waals surface area contributed by atoms with Gasteiger partial charge in [0.25, 0.3) is 0 Å². The van der Waals surface area contributed by atoms with E-state index in [1.807, 2.05) is 31.2 Å². The standard InChI is InChI=1S/C15H20N2O3/c1-4-20-13-7-5-12(9-14(13)19-3)6-8-15(18)17-11(2)10-16/h5,7,9,11H,4,6,8H2,1-3H3,(H,17,18). The largest absolute Gasteiger partial charge is 0.493 e. The molecular formula is C15H20N2O3. The van der Waals surface area contributed by atoms with Crippen LogP contribution in [0.5, 0.6) is 11.5 Å². The number of hydrogen-bond donors (Lipinski definition) is 1. The number of rotatable bonds is 7. The number of benzene rings is 1. The van der Waals surface area contributed by atoms with Crippen molar-refractivity contribution in [2.75, 3.05) is 13.7 Å². The second-order valence-corrected chi connectivity index (χ2v) is 4.34. The van der Waals surface area contributed by atoms with Gasteiger partial charge in [-0.15, -0.1) is 0 Å². The maximum atomic E-state index is 11.6. The zero-order chi connectivity index (χ0) is 15.0. The van der Waals surface area contributed by atoms with Crippen LogP contribution in [0.1, 0.15) is 25.8 Å². The summed E-state index contributed by atoms with van der Waals surface area (Å²) in [6.45, 7) is 4.13. The van der Waals surface area contributed by atoms with Crippen LogP contribution in [-0.4, -0.2) is 25.7 Å². The average Bonchev–Trinajstić information content (AvgIpc) is 2.46. The van der Waals surface area contributed by atoms with Crippen molar-refractivity contribution in [3.05, 3.63) is 23.8 Å². The van der Waals surface area contributed by atoms with Crippen molar-refractivity contribution in [3.63, 3.8) is 0 Å². The van der Waals surface area contributed by atoms with Gasteiger partial charge in [-0.05, 0) is 38.0 Å². The molecule has 0 heterocycles. The summed E-state index contributed by atoms with van der Waals surface area (Å²) in [6.07, 6.45) is 0.926. The van der Waals surface area contributed by atoms with Gasteiger partial charge >= 0.3 is 0 Å². The lowest BCUT2D eigenvalue weighted by Gasteiger charge is -2.11. The minimum absolute atomic E-state index is 0.132. The average molecular weight is 276 g/mol. The Kier molecular flexibility index (Phi) is 6.38. The van der Waals surface area contributed by atoms with Gasteiger partial charge < -0.3 is 14.8 Å². The van der Waals surface area contributed by atoms with E-state index in [0.717, 1.165) is 5.56 Å². The maximum Gasteiger partial charge on any atom is 0.221 e. The van der Waals surface area contributed by atoms with E-state index in [1.165, 1.54) is 0 Å². The van der Waals surface area contributed by atoms with Gasteiger partial charge in [0, 0.05) is 6.42 Å². The van der Waals surface area contributed by atoms with Gasteiger partial charge in [0.15, 0.2) is 11.5 Å². The van der Waals surface area contributed by atoms with Crippen LogP contribution in [0.2, 0.25) is 0 Å². The first-order valence-corrected chi connectivity index (χ1v) is 6.59. The molecule has 1 N–H and O–H groups in total. The topological polar surface area (TPSA) is 71.3 Å². The third kappa shape index (κ3) is 4.81. The van der Waals surface area contributed by atoms with Gasteiger partial charge in [-0.2, -0.15) is 5.26 Å². The summed E-state index contributed by atoms with van der Waals surface area (Å²) in [5, 5.41) is 11.2. The fourth-order valence-electron chi connectivity index (χ4n) is 1.75. The molecule has 1 amide bonds. The highest BCUT2D eigenvalue weighted by atomic mass is 16.5. The molecule has 0 saturated carbocycles. The molecule has 5 nitrogen and oxygen atoms in total. The summed E-state index contributed by atoms with van der Waals surface area (Å²) < 4.78 is 10.7. The van der Waals surface area contributed by atoms with Crippen LogP contribution >= 0.6 is 0 Å². The molecule has 0 fully saturated rings. The molecule has 20 heavy (non-hydrogen) atoms. The predicted octanol–water partition coefficient (Wildman–Crippen LogP) is 2.05. The van der Waals surface area contributed by atoms with Crippen molar-refractivity contribution < 1.29 is 14.3 Å². The number of amides is 1. The summed E-state index contributed by atoms with van der Waals surface area (Å²) in [7, 11) is 1.59. The Labute approximate surface area is 119 Å². The second-order valence-electron chi connectivity index (χ2n) is 4.34. The highest BCUT2D eigenvalue weighted by Gasteiger charge is 2.09. The first-order valence-electron chi connectivity index (χ1n) is 6.59. The van der Waals surface area contributed by atoms with Crippen LogP contribution in [0.3, 0.4) is 0 Å². The quantitative estimate of drug-likeness (QED) is 0.827. The summed E-state index contributed by atoms with van der Waals surface area (Å²) in [6, 6.07) is 7.12. The van der Waals surface area contributed by atoms with E-state index in [4.69, 9.17) is 14.7 Å². The van der Waals surface area contributed by atoms with Crippen LogP contribution in [0.15, 0.2) is 18.2 Å². The molecule has 1 unspecified atom stereocenters. The zero-order valence-corrected chi connectivity index (χ0v) is 12.1. The van der Waals surface area contributed by atoms with E-state index in [1.54, 1.807) is 14.0 Å². The molecule has 1 atom stereocenters. The number of hydrogen-bond acceptors (Lipinski definition) is 4. The summed E-state index contributed by atoms with van der Waals surface area (Å²) in [5.74, 6) is 1.23. The fraction of sp³-hybridized carbons (Fsp3) is 0.467. The zero-order valence-electron chi connectivity index (χ0n) is 12.1. The van der Waals surface area contributed by atoms with Crippen LogP contribution in [0.25, 0.3) is 0 Å². The molecule has 0 aliphatic rings. The van der Waals surface area contributed by atoms with Gasteiger partial charge in [-0.1, -0.05) is 6.07 Å². The third-order valence-corrected chi connectivity index (χ3v) is 2.74. The van der Waals surface area contributed by atoms with E-state index in [9.17, 15) is 4.79 Å². The van der Waals surface area contributed by atoms with E-state index in [2.05, 4.69) is 5.32 Å². The highest BCUT2D eigenvalue weighted by Crippen LogP contribution is 2.28. The first kappa shape index (κ1) is 15.8. The van der Waals surface area contributed by atoms with Gasteiger partial charge in [0.2, 0.25) is 5.91 Å². The predicted molar refractivity (Wildman–Crippen MR) is 75.7 cm³/mol. The number of ether oxygens (including phenoxy) is 2. The molecule has 1 rings (SSSR count). The lowest BCUT2D eigenvalue weighted by molar-refractivity contribution is -0.121. The fourth-order valence-corrected chi connectivity index (χ4v) is 1.75. The summed E-state index contributed by atoms with van der Waals surface area (Å²) in [4.78, 5) is 11.6. The number of nitrogens with one attached hydrogen (secondary N) is 1. The van der Waals surface area contributed by atoms with Crippen molar-refractivity contribution in [3.8, 4) is 17.6 Å². The Morgan fingerprint density at radius 3 is 2.80 bits per heavy atom. The molecule has 108 valence electrons. The number of nitriles is 1. The smallest absolute Gasteiger partial charge is 0.221 e. The first-order chi connectivity index (χ1) is 9.60. The van der Waals surface area contributed by atoms with Crippen molar-refractivity contribution >= 4 is 5.91 Å². The number of methoxy groups -OCH3 is 1. The van der Waals surface area contributed by atoms with Gasteiger partial charge in [0.05, 0.1) is 19.8 Å². The SMILES string of the molecule is CCOc1ccc(CCC(=O)NC(C)C#N)cc1OC. The van der Waals surface area contributed by atoms with Crippen LogP contribution in [0, 0.1) is 11.3 Å². The Balaban J connectivity index is 2.61. The molecule has 0 aromatic heterocycles. The molecule has 1 aromatic carbocycles. The highest BCUT2D eigenvalue weighted by molar-refractivity contribution is 5.76. The Morgan fingerprint density at radius 2 is 2.20 bits per heavy atom. The second kappa shape index (κ2) is 8.05. The Morgan fingerprint density at radius 1 is 1.45 bits per heavy atom. The van der Waals surface area contributed by atoms with Gasteiger partial charge in [0.1, 0.15) is 6.04 Å². The van der Waals surface area contributed by atoms with Crippen molar-refractivity contribution in [1.82, 2.24) is 5.32 Å². The molecular weight excluding hydrogens is 256 g/mol. The molecule has 0 aliphatic heterocycles. The minimum atomic E-state index is -0.461. The molecule has 0 aliphatic carbocycles. The van der Waals surface area contributed by atoms with E-state index in [-0.39, 0.29) is 5.91 Å². The summed E-state index contributed by atoms with van der Waals surface area (Å²) in [5.41, 5.74) is 0.991. The van der Waals surface area contributed by atoms with E-state index < -0.39 is 6.04 Å². The van der Waals surface area contributed by atoms with Crippen molar-refractivity contribution in [2.45, 2.75) is 32.7 Å². The molecule has 5 heteroatoms. The molecule has 0 spiro atoms. The number of carbonyl (C=O) groups excluding carboxylic acids is 1. The van der Waals surface area contributed by atoms with Crippen molar-refractivity contribution in [2.24, 2.45) is 0 Å². The molecule has 0 saturated heterocycles. The van der Waals surface area contributed by atoms with E-state index >= 15 is 0 Å². The Hall–Kier alpha value is -2.22. The molecule has 1 aromatic rings.